The van der Waals surface area contributed by atoms with Crippen LogP contribution >= 0.6 is 0 Å². The van der Waals surface area contributed by atoms with Gasteiger partial charge in [0.1, 0.15) is 5.60 Å². The number of ether oxygens (including phenoxy) is 1. The van der Waals surface area contributed by atoms with Gasteiger partial charge in [0.25, 0.3) is 5.91 Å². The number of nitrogens with zero attached hydrogens (tertiary/aromatic N) is 1. The molecule has 0 aromatic heterocycles. The van der Waals surface area contributed by atoms with Gasteiger partial charge in [-0.2, -0.15) is 0 Å². The molecule has 19 heavy (non-hydrogen) atoms. The number of nitrogens with one attached hydrogen (secondary N) is 1. The van der Waals surface area contributed by atoms with Gasteiger partial charge in [-0.15, -0.1) is 0 Å². The number of amides is 2. The summed E-state index contributed by atoms with van der Waals surface area (Å²) in [6.07, 6.45) is 3.63. The maximum atomic E-state index is 12.7. The molecule has 5 heteroatoms. The minimum atomic E-state index is -0.665. The summed E-state index contributed by atoms with van der Waals surface area (Å²) in [5, 5.41) is 2.89. The molecule has 1 aliphatic carbocycles. The Morgan fingerprint density at radius 2 is 2.26 bits per heavy atom. The Balaban J connectivity index is 1.70. The monoisotopic (exact) mass is 266 g/mol. The number of methoxy groups -OCH3 is 1. The highest BCUT2D eigenvalue weighted by Gasteiger charge is 2.53. The molecule has 2 atom stereocenters. The van der Waals surface area contributed by atoms with E-state index < -0.39 is 5.60 Å². The van der Waals surface area contributed by atoms with E-state index in [-0.39, 0.29) is 17.2 Å². The van der Waals surface area contributed by atoms with Crippen LogP contribution in [-0.4, -0.2) is 49.1 Å². The third-order valence-electron chi connectivity index (χ3n) is 5.13. The molecule has 1 N–H and O–H groups in total. The summed E-state index contributed by atoms with van der Waals surface area (Å²) < 4.78 is 5.53. The van der Waals surface area contributed by atoms with E-state index in [9.17, 15) is 9.59 Å². The summed E-state index contributed by atoms with van der Waals surface area (Å²) >= 11 is 0. The molecule has 2 aliphatic heterocycles. The number of carbonyl (C=O) groups excluding carboxylic acids is 2. The fraction of sp³-hybridized carbons (Fsp3) is 0.857. The first-order chi connectivity index (χ1) is 8.99. The van der Waals surface area contributed by atoms with E-state index in [1.165, 1.54) is 0 Å². The molecule has 3 rings (SSSR count). The molecule has 3 aliphatic rings. The molecule has 0 aromatic rings. The lowest BCUT2D eigenvalue weighted by atomic mass is 9.86. The van der Waals surface area contributed by atoms with Crippen LogP contribution in [-0.2, 0) is 14.3 Å². The van der Waals surface area contributed by atoms with E-state index in [0.717, 1.165) is 25.8 Å². The normalized spacial score (nSPS) is 33.6. The van der Waals surface area contributed by atoms with E-state index in [1.807, 2.05) is 11.8 Å². The third kappa shape index (κ3) is 2.04. The SMILES string of the molecule is COC(C)(C(=O)N1CCC2(CNC(=O)C2)C1)C1CC1. The predicted octanol–water partition coefficient (Wildman–Crippen LogP) is 0.540. The standard InChI is InChI=1S/C14H22N2O3/c1-13(19-2,10-3-4-10)12(18)16-6-5-14(9-16)7-11(17)15-8-14/h10H,3-9H2,1-2H3,(H,15,17). The Morgan fingerprint density at radius 3 is 2.79 bits per heavy atom. The van der Waals surface area contributed by atoms with Gasteiger partial charge in [0.15, 0.2) is 0 Å². The van der Waals surface area contributed by atoms with Gasteiger partial charge in [0, 0.05) is 38.6 Å². The van der Waals surface area contributed by atoms with Crippen molar-refractivity contribution in [3.8, 4) is 0 Å². The summed E-state index contributed by atoms with van der Waals surface area (Å²) in [6.45, 7) is 4.06. The molecule has 0 bridgehead atoms. The Labute approximate surface area is 113 Å². The molecule has 3 fully saturated rings. The highest BCUT2D eigenvalue weighted by atomic mass is 16.5. The highest BCUT2D eigenvalue weighted by Crippen LogP contribution is 2.44. The summed E-state index contributed by atoms with van der Waals surface area (Å²) in [5.74, 6) is 0.588. The molecule has 2 unspecified atom stereocenters. The minimum Gasteiger partial charge on any atom is -0.368 e. The third-order valence-corrected chi connectivity index (χ3v) is 5.13. The first kappa shape index (κ1) is 12.9. The Morgan fingerprint density at radius 1 is 1.53 bits per heavy atom. The summed E-state index contributed by atoms with van der Waals surface area (Å²) in [7, 11) is 1.63. The van der Waals surface area contributed by atoms with Gasteiger partial charge in [0.05, 0.1) is 0 Å². The molecule has 5 nitrogen and oxygen atoms in total. The van der Waals surface area contributed by atoms with Gasteiger partial charge < -0.3 is 15.0 Å². The first-order valence-corrected chi connectivity index (χ1v) is 7.10. The van der Waals surface area contributed by atoms with Crippen molar-refractivity contribution in [2.75, 3.05) is 26.7 Å². The fourth-order valence-corrected chi connectivity index (χ4v) is 3.53. The molecule has 0 aromatic carbocycles. The molecular weight excluding hydrogens is 244 g/mol. The van der Waals surface area contributed by atoms with Crippen molar-refractivity contribution >= 4 is 11.8 Å². The largest absolute Gasteiger partial charge is 0.368 e. The van der Waals surface area contributed by atoms with Crippen LogP contribution in [0.2, 0.25) is 0 Å². The number of likely N-dealkylation sites (tertiary alicyclic amines) is 1. The number of hydrogen-bond donors (Lipinski definition) is 1. The summed E-state index contributed by atoms with van der Waals surface area (Å²) in [4.78, 5) is 26.0. The van der Waals surface area contributed by atoms with E-state index >= 15 is 0 Å². The zero-order valence-electron chi connectivity index (χ0n) is 11.7. The van der Waals surface area contributed by atoms with Crippen LogP contribution in [0.1, 0.15) is 32.6 Å². The van der Waals surface area contributed by atoms with Gasteiger partial charge in [0.2, 0.25) is 5.91 Å². The Hall–Kier alpha value is -1.10. The van der Waals surface area contributed by atoms with Crippen LogP contribution in [0.4, 0.5) is 0 Å². The molecule has 2 heterocycles. The van der Waals surface area contributed by atoms with Crippen molar-refractivity contribution in [1.29, 1.82) is 0 Å². The summed E-state index contributed by atoms with van der Waals surface area (Å²) in [6, 6.07) is 0. The lowest BCUT2D eigenvalue weighted by Gasteiger charge is -2.32. The van der Waals surface area contributed by atoms with Gasteiger partial charge >= 0.3 is 0 Å². The molecule has 106 valence electrons. The molecule has 2 amide bonds. The zero-order valence-corrected chi connectivity index (χ0v) is 11.7. The van der Waals surface area contributed by atoms with Gasteiger partial charge in [-0.25, -0.2) is 0 Å². The first-order valence-electron chi connectivity index (χ1n) is 7.10. The van der Waals surface area contributed by atoms with Crippen LogP contribution in [0.25, 0.3) is 0 Å². The van der Waals surface area contributed by atoms with E-state index in [1.54, 1.807) is 7.11 Å². The topological polar surface area (TPSA) is 58.6 Å². The average molecular weight is 266 g/mol. The zero-order chi connectivity index (χ0) is 13.7. The summed E-state index contributed by atoms with van der Waals surface area (Å²) in [5.41, 5.74) is -0.688. The van der Waals surface area contributed by atoms with Crippen molar-refractivity contribution in [3.05, 3.63) is 0 Å². The average Bonchev–Trinajstić information content (AvgIpc) is 3.10. The molecule has 0 radical (unpaired) electrons. The van der Waals surface area contributed by atoms with Crippen LogP contribution < -0.4 is 5.32 Å². The van der Waals surface area contributed by atoms with E-state index in [2.05, 4.69) is 5.32 Å². The van der Waals surface area contributed by atoms with Gasteiger partial charge in [-0.3, -0.25) is 9.59 Å². The van der Waals surface area contributed by atoms with Crippen LogP contribution in [0.15, 0.2) is 0 Å². The lowest BCUT2D eigenvalue weighted by molar-refractivity contribution is -0.154. The van der Waals surface area contributed by atoms with Crippen molar-refractivity contribution in [3.63, 3.8) is 0 Å². The van der Waals surface area contributed by atoms with Crippen molar-refractivity contribution in [2.45, 2.75) is 38.2 Å². The smallest absolute Gasteiger partial charge is 0.254 e. The second-order valence-electron chi connectivity index (χ2n) is 6.52. The van der Waals surface area contributed by atoms with Gasteiger partial charge in [-0.1, -0.05) is 0 Å². The molecular formula is C14H22N2O3. The van der Waals surface area contributed by atoms with Crippen LogP contribution in [0.3, 0.4) is 0 Å². The maximum absolute atomic E-state index is 12.7. The van der Waals surface area contributed by atoms with Crippen molar-refractivity contribution in [2.24, 2.45) is 11.3 Å². The van der Waals surface area contributed by atoms with Crippen LogP contribution in [0, 0.1) is 11.3 Å². The van der Waals surface area contributed by atoms with Crippen molar-refractivity contribution < 1.29 is 14.3 Å². The number of rotatable bonds is 3. The lowest BCUT2D eigenvalue weighted by Crippen LogP contribution is -2.49. The fourth-order valence-electron chi connectivity index (χ4n) is 3.53. The Bertz CT molecular complexity index is 421. The second-order valence-corrected chi connectivity index (χ2v) is 6.52. The maximum Gasteiger partial charge on any atom is 0.254 e. The van der Waals surface area contributed by atoms with Gasteiger partial charge in [-0.05, 0) is 32.1 Å². The van der Waals surface area contributed by atoms with Crippen molar-refractivity contribution in [1.82, 2.24) is 10.2 Å². The number of hydrogen-bond acceptors (Lipinski definition) is 3. The van der Waals surface area contributed by atoms with Crippen LogP contribution in [0.5, 0.6) is 0 Å². The van der Waals surface area contributed by atoms with E-state index in [0.29, 0.717) is 25.4 Å². The predicted molar refractivity (Wildman–Crippen MR) is 69.4 cm³/mol. The van der Waals surface area contributed by atoms with E-state index in [4.69, 9.17) is 4.74 Å². The molecule has 1 saturated carbocycles. The quantitative estimate of drug-likeness (QED) is 0.811. The second kappa shape index (κ2) is 4.20. The molecule has 1 spiro atoms. The Kier molecular flexibility index (Phi) is 2.85. The molecule has 2 saturated heterocycles. The highest BCUT2D eigenvalue weighted by molar-refractivity contribution is 5.86. The number of carbonyl (C=O) groups is 2. The minimum absolute atomic E-state index is 0.0229.